The summed E-state index contributed by atoms with van der Waals surface area (Å²) in [6.45, 7) is 1.13. The maximum absolute atomic E-state index is 13.1. The standard InChI is InChI=1S/C22H29F3N2O2/c1-14(22(23,24)25)16-5-7-17(8-6-16)21(29)27(19-11-12-19)18-9-2-15(3-10-18)4-13-20(26)28/h5-8,14-15,18-19H,2-4,9-13H2,1H3,(H2,26,28)/t14-,15?,18?/m1/s1. The Morgan fingerprint density at radius 2 is 1.55 bits per heavy atom. The normalized spacial score (nSPS) is 23.4. The summed E-state index contributed by atoms with van der Waals surface area (Å²) in [6.07, 6.45) is 2.62. The highest BCUT2D eigenvalue weighted by Gasteiger charge is 2.40. The minimum absolute atomic E-state index is 0.0840. The molecule has 29 heavy (non-hydrogen) atoms. The van der Waals surface area contributed by atoms with Gasteiger partial charge < -0.3 is 10.6 Å². The van der Waals surface area contributed by atoms with Crippen LogP contribution in [0.3, 0.4) is 0 Å². The highest BCUT2D eigenvalue weighted by atomic mass is 19.4. The van der Waals surface area contributed by atoms with Crippen LogP contribution < -0.4 is 5.73 Å². The van der Waals surface area contributed by atoms with Crippen molar-refractivity contribution in [3.63, 3.8) is 0 Å². The molecule has 2 aliphatic rings. The molecule has 2 N–H and O–H groups in total. The van der Waals surface area contributed by atoms with Crippen LogP contribution in [0, 0.1) is 5.92 Å². The van der Waals surface area contributed by atoms with E-state index in [-0.39, 0.29) is 29.5 Å². The van der Waals surface area contributed by atoms with E-state index in [0.29, 0.717) is 17.9 Å². The molecule has 1 atom stereocenters. The van der Waals surface area contributed by atoms with Gasteiger partial charge in [-0.1, -0.05) is 12.1 Å². The molecule has 7 heteroatoms. The molecule has 160 valence electrons. The average Bonchev–Trinajstić information content (AvgIpc) is 3.51. The van der Waals surface area contributed by atoms with Crippen molar-refractivity contribution in [3.8, 4) is 0 Å². The van der Waals surface area contributed by atoms with Crippen LogP contribution >= 0.6 is 0 Å². The maximum atomic E-state index is 13.1. The number of alkyl halides is 3. The van der Waals surface area contributed by atoms with Crippen molar-refractivity contribution in [1.29, 1.82) is 0 Å². The molecule has 2 saturated carbocycles. The molecule has 0 bridgehead atoms. The number of amides is 2. The van der Waals surface area contributed by atoms with Crippen LogP contribution in [0.15, 0.2) is 24.3 Å². The highest BCUT2D eigenvalue weighted by Crippen LogP contribution is 2.38. The Morgan fingerprint density at radius 3 is 2.00 bits per heavy atom. The number of nitrogens with zero attached hydrogens (tertiary/aromatic N) is 1. The van der Waals surface area contributed by atoms with Gasteiger partial charge in [-0.05, 0) is 75.5 Å². The smallest absolute Gasteiger partial charge is 0.370 e. The first kappa shape index (κ1) is 21.7. The van der Waals surface area contributed by atoms with Crippen molar-refractivity contribution in [1.82, 2.24) is 4.90 Å². The Bertz CT molecular complexity index is 721. The quantitative estimate of drug-likeness (QED) is 0.703. The molecule has 0 saturated heterocycles. The molecule has 1 aromatic carbocycles. The van der Waals surface area contributed by atoms with Gasteiger partial charge in [0.25, 0.3) is 5.91 Å². The maximum Gasteiger partial charge on any atom is 0.395 e. The minimum Gasteiger partial charge on any atom is -0.370 e. The van der Waals surface area contributed by atoms with Crippen LogP contribution in [-0.2, 0) is 4.79 Å². The Hall–Kier alpha value is -2.05. The first-order chi connectivity index (χ1) is 13.7. The van der Waals surface area contributed by atoms with E-state index in [4.69, 9.17) is 5.73 Å². The number of hydrogen-bond donors (Lipinski definition) is 1. The van der Waals surface area contributed by atoms with Crippen molar-refractivity contribution in [2.24, 2.45) is 11.7 Å². The summed E-state index contributed by atoms with van der Waals surface area (Å²) in [5, 5.41) is 0. The molecular weight excluding hydrogens is 381 g/mol. The van der Waals surface area contributed by atoms with E-state index in [2.05, 4.69) is 0 Å². The number of benzene rings is 1. The zero-order valence-corrected chi connectivity index (χ0v) is 16.8. The Morgan fingerprint density at radius 1 is 1.03 bits per heavy atom. The van der Waals surface area contributed by atoms with Gasteiger partial charge in [0, 0.05) is 24.1 Å². The fraction of sp³-hybridized carbons (Fsp3) is 0.636. The molecule has 1 aromatic rings. The zero-order valence-electron chi connectivity index (χ0n) is 16.8. The van der Waals surface area contributed by atoms with E-state index in [0.717, 1.165) is 51.9 Å². The van der Waals surface area contributed by atoms with Gasteiger partial charge in [-0.3, -0.25) is 9.59 Å². The molecule has 3 rings (SSSR count). The molecule has 0 radical (unpaired) electrons. The topological polar surface area (TPSA) is 63.4 Å². The van der Waals surface area contributed by atoms with Gasteiger partial charge in [0.05, 0.1) is 5.92 Å². The van der Waals surface area contributed by atoms with Crippen molar-refractivity contribution >= 4 is 11.8 Å². The number of hydrogen-bond acceptors (Lipinski definition) is 2. The summed E-state index contributed by atoms with van der Waals surface area (Å²) in [6, 6.07) is 6.27. The van der Waals surface area contributed by atoms with E-state index in [1.165, 1.54) is 24.3 Å². The number of nitrogens with two attached hydrogens (primary N) is 1. The second-order valence-corrected chi connectivity index (χ2v) is 8.51. The predicted octanol–water partition coefficient (Wildman–Crippen LogP) is 4.78. The highest BCUT2D eigenvalue weighted by molar-refractivity contribution is 5.95. The molecule has 4 nitrogen and oxygen atoms in total. The summed E-state index contributed by atoms with van der Waals surface area (Å²) >= 11 is 0. The van der Waals surface area contributed by atoms with Crippen LogP contribution in [0.1, 0.15) is 80.1 Å². The Kier molecular flexibility index (Phi) is 6.54. The zero-order chi connectivity index (χ0) is 21.2. The lowest BCUT2D eigenvalue weighted by molar-refractivity contribution is -0.146. The van der Waals surface area contributed by atoms with Gasteiger partial charge in [0.15, 0.2) is 0 Å². The monoisotopic (exact) mass is 410 g/mol. The largest absolute Gasteiger partial charge is 0.395 e. The van der Waals surface area contributed by atoms with Crippen molar-refractivity contribution in [3.05, 3.63) is 35.4 Å². The first-order valence-corrected chi connectivity index (χ1v) is 10.4. The van der Waals surface area contributed by atoms with E-state index in [1.54, 1.807) is 0 Å². The van der Waals surface area contributed by atoms with E-state index < -0.39 is 12.1 Å². The molecule has 0 unspecified atom stereocenters. The number of halogens is 3. The summed E-state index contributed by atoms with van der Waals surface area (Å²) in [4.78, 5) is 26.1. The molecule has 2 amide bonds. The van der Waals surface area contributed by atoms with Crippen molar-refractivity contribution < 1.29 is 22.8 Å². The molecule has 2 aliphatic carbocycles. The van der Waals surface area contributed by atoms with Crippen LogP contribution in [-0.4, -0.2) is 35.0 Å². The SMILES string of the molecule is C[C@H](c1ccc(C(=O)N(C2CCC(CCC(N)=O)CC2)C2CC2)cc1)C(F)(F)F. The molecule has 0 aromatic heterocycles. The third-order valence-electron chi connectivity index (χ3n) is 6.33. The summed E-state index contributed by atoms with van der Waals surface area (Å²) in [7, 11) is 0. The van der Waals surface area contributed by atoms with Gasteiger partial charge in [0.1, 0.15) is 0 Å². The molecule has 2 fully saturated rings. The van der Waals surface area contributed by atoms with Crippen LogP contribution in [0.25, 0.3) is 0 Å². The summed E-state index contributed by atoms with van der Waals surface area (Å²) in [5.74, 6) is -1.44. The average molecular weight is 410 g/mol. The predicted molar refractivity (Wildman–Crippen MR) is 104 cm³/mol. The molecular formula is C22H29F3N2O2. The molecule has 0 heterocycles. The lowest BCUT2D eigenvalue weighted by atomic mass is 9.82. The van der Waals surface area contributed by atoms with Crippen molar-refractivity contribution in [2.75, 3.05) is 0 Å². The van der Waals surface area contributed by atoms with E-state index in [1.807, 2.05) is 4.90 Å². The number of carbonyl (C=O) groups excluding carboxylic acids is 2. The Balaban J connectivity index is 1.64. The molecule has 0 aliphatic heterocycles. The third kappa shape index (κ3) is 5.52. The molecule has 0 spiro atoms. The summed E-state index contributed by atoms with van der Waals surface area (Å²) in [5.41, 5.74) is 5.85. The van der Waals surface area contributed by atoms with Gasteiger partial charge in [-0.2, -0.15) is 13.2 Å². The van der Waals surface area contributed by atoms with Gasteiger partial charge in [-0.15, -0.1) is 0 Å². The van der Waals surface area contributed by atoms with E-state index in [9.17, 15) is 22.8 Å². The fourth-order valence-corrected chi connectivity index (χ4v) is 4.29. The lowest BCUT2D eigenvalue weighted by Crippen LogP contribution is -2.44. The fourth-order valence-electron chi connectivity index (χ4n) is 4.29. The number of rotatable bonds is 7. The Labute approximate surface area is 169 Å². The van der Waals surface area contributed by atoms with Crippen LogP contribution in [0.4, 0.5) is 13.2 Å². The number of primary amides is 1. The second-order valence-electron chi connectivity index (χ2n) is 8.51. The first-order valence-electron chi connectivity index (χ1n) is 10.4. The third-order valence-corrected chi connectivity index (χ3v) is 6.33. The second kappa shape index (κ2) is 8.76. The lowest BCUT2D eigenvalue weighted by Gasteiger charge is -2.37. The number of carbonyl (C=O) groups is 2. The van der Waals surface area contributed by atoms with Gasteiger partial charge in [0.2, 0.25) is 5.91 Å². The minimum atomic E-state index is -4.29. The van der Waals surface area contributed by atoms with E-state index >= 15 is 0 Å². The van der Waals surface area contributed by atoms with Gasteiger partial charge >= 0.3 is 6.18 Å². The summed E-state index contributed by atoms with van der Waals surface area (Å²) < 4.78 is 38.7. The van der Waals surface area contributed by atoms with Crippen LogP contribution in [0.5, 0.6) is 0 Å². The van der Waals surface area contributed by atoms with Crippen LogP contribution in [0.2, 0.25) is 0 Å². The van der Waals surface area contributed by atoms with Gasteiger partial charge in [-0.25, -0.2) is 0 Å². The van der Waals surface area contributed by atoms with Crippen molar-refractivity contribution in [2.45, 2.75) is 82.5 Å².